The molecule has 4 heteroatoms. The van der Waals surface area contributed by atoms with E-state index in [1.807, 2.05) is 25.2 Å². The van der Waals surface area contributed by atoms with Crippen molar-refractivity contribution in [2.75, 3.05) is 33.8 Å². The van der Waals surface area contributed by atoms with Crippen LogP contribution in [0.4, 0.5) is 0 Å². The van der Waals surface area contributed by atoms with Crippen LogP contribution in [-0.4, -0.2) is 44.7 Å². The van der Waals surface area contributed by atoms with Gasteiger partial charge in [-0.3, -0.25) is 4.79 Å². The van der Waals surface area contributed by atoms with Crippen molar-refractivity contribution in [3.8, 4) is 0 Å². The summed E-state index contributed by atoms with van der Waals surface area (Å²) < 4.78 is 4.63. The Morgan fingerprint density at radius 2 is 2.06 bits per heavy atom. The molecule has 0 aliphatic carbocycles. The number of hydrogen-bond acceptors (Lipinski definition) is 4. The SMILES string of the molecule is COC(=O)CCN(C)CC(CN)c1ccccc1. The van der Waals surface area contributed by atoms with Crippen molar-refractivity contribution in [2.24, 2.45) is 5.73 Å². The summed E-state index contributed by atoms with van der Waals surface area (Å²) >= 11 is 0. The van der Waals surface area contributed by atoms with E-state index in [4.69, 9.17) is 5.73 Å². The largest absolute Gasteiger partial charge is 0.469 e. The molecular formula is C14H22N2O2. The molecule has 0 spiro atoms. The molecule has 0 saturated carbocycles. The van der Waals surface area contributed by atoms with Gasteiger partial charge < -0.3 is 15.4 Å². The molecule has 0 saturated heterocycles. The van der Waals surface area contributed by atoms with Gasteiger partial charge in [-0.15, -0.1) is 0 Å². The standard InChI is InChI=1S/C14H22N2O2/c1-16(9-8-14(17)18-2)11-13(10-15)12-6-4-3-5-7-12/h3-7,13H,8-11,15H2,1-2H3. The van der Waals surface area contributed by atoms with Crippen LogP contribution in [0.3, 0.4) is 0 Å². The predicted octanol–water partition coefficient (Wildman–Crippen LogP) is 1.22. The Balaban J connectivity index is 2.46. The van der Waals surface area contributed by atoms with Gasteiger partial charge in [0.15, 0.2) is 0 Å². The zero-order valence-corrected chi connectivity index (χ0v) is 11.1. The van der Waals surface area contributed by atoms with Crippen LogP contribution in [0, 0.1) is 0 Å². The normalized spacial score (nSPS) is 12.4. The zero-order valence-electron chi connectivity index (χ0n) is 11.1. The van der Waals surface area contributed by atoms with Crippen LogP contribution in [-0.2, 0) is 9.53 Å². The number of methoxy groups -OCH3 is 1. The molecule has 0 heterocycles. The van der Waals surface area contributed by atoms with Crippen molar-refractivity contribution >= 4 is 5.97 Å². The van der Waals surface area contributed by atoms with Crippen LogP contribution in [0.15, 0.2) is 30.3 Å². The van der Waals surface area contributed by atoms with E-state index in [1.54, 1.807) is 0 Å². The lowest BCUT2D eigenvalue weighted by Gasteiger charge is -2.23. The number of rotatable bonds is 7. The van der Waals surface area contributed by atoms with Crippen LogP contribution in [0.1, 0.15) is 17.9 Å². The topological polar surface area (TPSA) is 55.6 Å². The Labute approximate surface area is 109 Å². The maximum Gasteiger partial charge on any atom is 0.306 e. The third-order valence-corrected chi connectivity index (χ3v) is 3.01. The van der Waals surface area contributed by atoms with Gasteiger partial charge in [-0.2, -0.15) is 0 Å². The summed E-state index contributed by atoms with van der Waals surface area (Å²) in [6, 6.07) is 10.2. The summed E-state index contributed by atoms with van der Waals surface area (Å²) in [5.74, 6) is 0.125. The Morgan fingerprint density at radius 1 is 1.39 bits per heavy atom. The maximum absolute atomic E-state index is 11.1. The van der Waals surface area contributed by atoms with E-state index in [1.165, 1.54) is 12.7 Å². The van der Waals surface area contributed by atoms with Crippen LogP contribution in [0.25, 0.3) is 0 Å². The van der Waals surface area contributed by atoms with E-state index in [0.29, 0.717) is 25.4 Å². The van der Waals surface area contributed by atoms with Crippen LogP contribution in [0.2, 0.25) is 0 Å². The minimum absolute atomic E-state index is 0.175. The number of hydrogen-bond donors (Lipinski definition) is 1. The van der Waals surface area contributed by atoms with E-state index >= 15 is 0 Å². The minimum atomic E-state index is -0.175. The first kappa shape index (κ1) is 14.7. The first-order valence-corrected chi connectivity index (χ1v) is 6.17. The predicted molar refractivity (Wildman–Crippen MR) is 72.4 cm³/mol. The summed E-state index contributed by atoms with van der Waals surface area (Å²) in [5.41, 5.74) is 7.06. The van der Waals surface area contributed by atoms with Crippen LogP contribution >= 0.6 is 0 Å². The Kier molecular flexibility index (Phi) is 6.39. The zero-order chi connectivity index (χ0) is 13.4. The molecule has 1 aromatic rings. The molecule has 4 nitrogen and oxygen atoms in total. The molecule has 100 valence electrons. The number of carbonyl (C=O) groups is 1. The van der Waals surface area contributed by atoms with Crippen molar-refractivity contribution in [2.45, 2.75) is 12.3 Å². The van der Waals surface area contributed by atoms with Gasteiger partial charge in [0.2, 0.25) is 0 Å². The van der Waals surface area contributed by atoms with Gasteiger partial charge in [-0.1, -0.05) is 30.3 Å². The smallest absolute Gasteiger partial charge is 0.306 e. The van der Waals surface area contributed by atoms with Crippen molar-refractivity contribution in [1.82, 2.24) is 4.90 Å². The summed E-state index contributed by atoms with van der Waals surface area (Å²) in [4.78, 5) is 13.2. The minimum Gasteiger partial charge on any atom is -0.469 e. The fourth-order valence-electron chi connectivity index (χ4n) is 1.89. The van der Waals surface area contributed by atoms with Gasteiger partial charge in [-0.25, -0.2) is 0 Å². The third-order valence-electron chi connectivity index (χ3n) is 3.01. The van der Waals surface area contributed by atoms with Crippen molar-refractivity contribution in [3.05, 3.63) is 35.9 Å². The highest BCUT2D eigenvalue weighted by Crippen LogP contribution is 2.15. The van der Waals surface area contributed by atoms with Crippen molar-refractivity contribution in [3.63, 3.8) is 0 Å². The highest BCUT2D eigenvalue weighted by Gasteiger charge is 2.13. The van der Waals surface area contributed by atoms with E-state index in [0.717, 1.165) is 6.54 Å². The monoisotopic (exact) mass is 250 g/mol. The Morgan fingerprint density at radius 3 is 2.61 bits per heavy atom. The highest BCUT2D eigenvalue weighted by molar-refractivity contribution is 5.69. The lowest BCUT2D eigenvalue weighted by atomic mass is 9.99. The fraction of sp³-hybridized carbons (Fsp3) is 0.500. The number of likely N-dealkylation sites (N-methyl/N-ethyl adjacent to an activating group) is 1. The maximum atomic E-state index is 11.1. The van der Waals surface area contributed by atoms with E-state index in [-0.39, 0.29) is 5.97 Å². The molecular weight excluding hydrogens is 228 g/mol. The number of nitrogens with zero attached hydrogens (tertiary/aromatic N) is 1. The lowest BCUT2D eigenvalue weighted by Crippen LogP contribution is -2.30. The number of esters is 1. The summed E-state index contributed by atoms with van der Waals surface area (Å²) in [6.45, 7) is 2.14. The highest BCUT2D eigenvalue weighted by atomic mass is 16.5. The second-order valence-electron chi connectivity index (χ2n) is 4.43. The Bertz CT molecular complexity index is 354. The van der Waals surface area contributed by atoms with Gasteiger partial charge in [0.1, 0.15) is 0 Å². The molecule has 0 fully saturated rings. The number of benzene rings is 1. The van der Waals surface area contributed by atoms with E-state index < -0.39 is 0 Å². The van der Waals surface area contributed by atoms with Gasteiger partial charge in [0, 0.05) is 25.6 Å². The van der Waals surface area contributed by atoms with Gasteiger partial charge in [0.05, 0.1) is 13.5 Å². The second kappa shape index (κ2) is 7.84. The molecule has 0 aromatic heterocycles. The lowest BCUT2D eigenvalue weighted by molar-refractivity contribution is -0.140. The molecule has 2 N–H and O–H groups in total. The quantitative estimate of drug-likeness (QED) is 0.739. The van der Waals surface area contributed by atoms with E-state index in [9.17, 15) is 4.79 Å². The summed E-state index contributed by atoms with van der Waals surface area (Å²) in [7, 11) is 3.41. The molecule has 1 rings (SSSR count). The van der Waals surface area contributed by atoms with Crippen molar-refractivity contribution < 1.29 is 9.53 Å². The molecule has 0 bridgehead atoms. The van der Waals surface area contributed by atoms with Gasteiger partial charge in [0.25, 0.3) is 0 Å². The van der Waals surface area contributed by atoms with Crippen LogP contribution in [0.5, 0.6) is 0 Å². The molecule has 0 amide bonds. The summed E-state index contributed by atoms with van der Waals surface area (Å²) in [5, 5.41) is 0. The number of ether oxygens (including phenoxy) is 1. The Hall–Kier alpha value is -1.39. The molecule has 18 heavy (non-hydrogen) atoms. The molecule has 0 radical (unpaired) electrons. The first-order chi connectivity index (χ1) is 8.67. The average molecular weight is 250 g/mol. The fourth-order valence-corrected chi connectivity index (χ4v) is 1.89. The molecule has 1 aromatic carbocycles. The van der Waals surface area contributed by atoms with Gasteiger partial charge in [-0.05, 0) is 12.6 Å². The second-order valence-corrected chi connectivity index (χ2v) is 4.43. The van der Waals surface area contributed by atoms with E-state index in [2.05, 4.69) is 21.8 Å². The first-order valence-electron chi connectivity index (χ1n) is 6.17. The molecule has 1 unspecified atom stereocenters. The average Bonchev–Trinajstić information content (AvgIpc) is 2.43. The molecule has 0 aliphatic heterocycles. The van der Waals surface area contributed by atoms with Crippen molar-refractivity contribution in [1.29, 1.82) is 0 Å². The number of carbonyl (C=O) groups excluding carboxylic acids is 1. The molecule has 0 aliphatic rings. The van der Waals surface area contributed by atoms with Gasteiger partial charge >= 0.3 is 5.97 Å². The van der Waals surface area contributed by atoms with Crippen LogP contribution < -0.4 is 5.73 Å². The third kappa shape index (κ3) is 4.85. The summed E-state index contributed by atoms with van der Waals surface area (Å²) in [6.07, 6.45) is 0.416. The number of nitrogens with two attached hydrogens (primary N) is 1. The molecule has 1 atom stereocenters.